The van der Waals surface area contributed by atoms with Crippen LogP contribution in [0.3, 0.4) is 0 Å². The van der Waals surface area contributed by atoms with Gasteiger partial charge >= 0.3 is 5.97 Å². The van der Waals surface area contributed by atoms with Crippen LogP contribution in [0.1, 0.15) is 286 Å². The van der Waals surface area contributed by atoms with Gasteiger partial charge in [0.2, 0.25) is 0 Å². The van der Waals surface area contributed by atoms with Crippen LogP contribution in [0, 0.1) is 401 Å². The summed E-state index contributed by atoms with van der Waals surface area (Å²) in [6, 6.07) is 5.26. The van der Waals surface area contributed by atoms with Crippen molar-refractivity contribution in [1.82, 2.24) is 0 Å². The first kappa shape index (κ1) is 91.4. The Hall–Kier alpha value is -2.04. The molecule has 30 aliphatic rings. The van der Waals surface area contributed by atoms with Gasteiger partial charge in [0.05, 0.1) is 17.6 Å². The van der Waals surface area contributed by atoms with Crippen LogP contribution in [0.4, 0.5) is 0 Å². The van der Waals surface area contributed by atoms with Gasteiger partial charge in [-0.2, -0.15) is 10.5 Å². The summed E-state index contributed by atoms with van der Waals surface area (Å²) in [6.07, 6.45) is 34.9. The minimum Gasteiger partial charge on any atom is -0.462 e. The van der Waals surface area contributed by atoms with E-state index in [0.29, 0.717) is 29.7 Å². The number of aliphatic hydroxyl groups is 1. The summed E-state index contributed by atoms with van der Waals surface area (Å²) in [6.45, 7) is 51.2. The lowest BCUT2D eigenvalue weighted by molar-refractivity contribution is -0.150. The third kappa shape index (κ3) is 13.2. The number of hydrogen-bond acceptors (Lipinski definition) is 9. The van der Waals surface area contributed by atoms with Crippen LogP contribution in [-0.4, -0.2) is 54.8 Å². The van der Waals surface area contributed by atoms with Crippen LogP contribution in [0.5, 0.6) is 0 Å². The number of rotatable bonds is 3. The van der Waals surface area contributed by atoms with Crippen LogP contribution < -0.4 is 11.5 Å². The van der Waals surface area contributed by atoms with Gasteiger partial charge in [-0.1, -0.05) is 111 Å². The molecule has 0 amide bonds. The number of carbonyl (C=O) groups excluding carboxylic acids is 3. The molecular formula is C117H183ClN4O5. The number of halogens is 1. The highest BCUT2D eigenvalue weighted by Crippen LogP contribution is 2.80. The maximum atomic E-state index is 10.8. The Bertz CT molecular complexity index is 4000. The van der Waals surface area contributed by atoms with Crippen LogP contribution in [0.2, 0.25) is 0 Å². The average molecular weight is 1760 g/mol. The number of nitrogens with zero attached hydrogens (tertiary/aromatic N) is 2. The van der Waals surface area contributed by atoms with Crippen LogP contribution in [0.25, 0.3) is 0 Å². The summed E-state index contributed by atoms with van der Waals surface area (Å²) in [4.78, 5) is 26.8. The summed E-state index contributed by atoms with van der Waals surface area (Å²) in [5.74, 6) is 61.9. The predicted molar refractivity (Wildman–Crippen MR) is 509 cm³/mol. The molecule has 708 valence electrons. The van der Waals surface area contributed by atoms with Gasteiger partial charge < -0.3 is 30.9 Å². The molecule has 67 unspecified atom stereocenters. The Morgan fingerprint density at radius 1 is 0.346 bits per heavy atom. The van der Waals surface area contributed by atoms with Gasteiger partial charge in [0.15, 0.2) is 0 Å². The third-order valence-corrected chi connectivity index (χ3v) is 54.4. The van der Waals surface area contributed by atoms with E-state index >= 15 is 0 Å². The summed E-state index contributed by atoms with van der Waals surface area (Å²) in [5.41, 5.74) is 12.7. The van der Waals surface area contributed by atoms with Crippen molar-refractivity contribution in [1.29, 1.82) is 10.5 Å². The molecule has 127 heavy (non-hydrogen) atoms. The molecule has 30 aliphatic carbocycles. The summed E-state index contributed by atoms with van der Waals surface area (Å²) < 4.78 is 5.32. The second-order valence-corrected chi connectivity index (χ2v) is 56.1. The second kappa shape index (κ2) is 33.4. The fraction of sp³-hybridized carbons (Fsp3) is 0.957. The predicted octanol–water partition coefficient (Wildman–Crippen LogP) is 24.7. The van der Waals surface area contributed by atoms with E-state index in [2.05, 4.69) is 137 Å². The molecule has 0 aromatic rings. The molecule has 0 aromatic heterocycles. The summed E-state index contributed by atoms with van der Waals surface area (Å²) in [5, 5.41) is 28.8. The van der Waals surface area contributed by atoms with Gasteiger partial charge in [0.25, 0.3) is 0 Å². The zero-order chi connectivity index (χ0) is 89.6. The van der Waals surface area contributed by atoms with Crippen molar-refractivity contribution in [3.8, 4) is 12.1 Å². The topological polar surface area (TPSA) is 180 Å². The van der Waals surface area contributed by atoms with Crippen molar-refractivity contribution in [3.05, 3.63) is 0 Å². The molecule has 0 spiro atoms. The molecule has 10 heteroatoms. The quantitative estimate of drug-likeness (QED) is 0.141. The second-order valence-electron chi connectivity index (χ2n) is 55.6. The maximum Gasteiger partial charge on any atom is 0.302 e. The summed E-state index contributed by atoms with van der Waals surface area (Å²) >= 11 is 6.50. The smallest absolute Gasteiger partial charge is 0.302 e. The van der Waals surface area contributed by atoms with E-state index in [1.54, 1.807) is 51.4 Å². The number of carbonyl (C=O) groups is 3. The van der Waals surface area contributed by atoms with Crippen LogP contribution in [0.15, 0.2) is 0 Å². The molecular weight excluding hydrogens is 1580 g/mol. The van der Waals surface area contributed by atoms with Crippen molar-refractivity contribution in [2.24, 2.45) is 390 Å². The van der Waals surface area contributed by atoms with Gasteiger partial charge in [-0.15, -0.1) is 11.6 Å². The summed E-state index contributed by atoms with van der Waals surface area (Å²) in [7, 11) is 0. The molecule has 0 heterocycles. The van der Waals surface area contributed by atoms with Crippen LogP contribution >= 0.6 is 11.6 Å². The Balaban J connectivity index is 0.0000000880. The lowest BCUT2D eigenvalue weighted by atomic mass is 9.58. The fourth-order valence-electron chi connectivity index (χ4n) is 48.5. The number of esters is 1. The number of hydrogen-bond donors (Lipinski definition) is 3. The molecule has 30 bridgehead atoms. The molecule has 67 atom stereocenters. The van der Waals surface area contributed by atoms with Gasteiger partial charge in [-0.3, -0.25) is 4.79 Å². The highest BCUT2D eigenvalue weighted by molar-refractivity contribution is 6.21. The molecule has 5 N–H and O–H groups in total. The van der Waals surface area contributed by atoms with Crippen molar-refractivity contribution >= 4 is 31.1 Å². The van der Waals surface area contributed by atoms with E-state index in [1.165, 1.54) is 127 Å². The van der Waals surface area contributed by atoms with E-state index in [0.717, 1.165) is 344 Å². The Kier molecular flexibility index (Phi) is 24.0. The number of alkyl halides is 1. The molecule has 30 saturated carbocycles. The van der Waals surface area contributed by atoms with E-state index in [4.69, 9.17) is 37.4 Å². The number of aliphatic hydroxyl groups excluding tert-OH is 1. The van der Waals surface area contributed by atoms with Gasteiger partial charge in [-0.25, -0.2) is 0 Å². The Morgan fingerprint density at radius 2 is 0.661 bits per heavy atom. The van der Waals surface area contributed by atoms with Crippen molar-refractivity contribution in [3.63, 3.8) is 0 Å². The highest BCUT2D eigenvalue weighted by atomic mass is 35.5. The monoisotopic (exact) mass is 1760 g/mol. The largest absolute Gasteiger partial charge is 0.462 e. The molecule has 0 radical (unpaired) electrons. The zero-order valence-electron chi connectivity index (χ0n) is 83.3. The van der Waals surface area contributed by atoms with E-state index in [1.807, 2.05) is 13.6 Å². The lowest BCUT2D eigenvalue weighted by Gasteiger charge is -2.46. The van der Waals surface area contributed by atoms with Crippen molar-refractivity contribution in [2.75, 3.05) is 13.2 Å². The first-order chi connectivity index (χ1) is 60.8. The standard InChI is InChI=1S/C16H23N.2C15H25N.C15H21N.C15H24O.C14H21Cl.C14H22.C11H18O2.2CH2O/c1-8-9(2)12-5-11(8)14-10-4-13(15(12)14)16(3,6-10)7-17;1-7-8(2)11-5-10(7)13-9-4-12(14(11)13)15(3,16)6-9;3*1-7-8(2)12-5-11(7)14-9-3-10(6-16)13(4-9)15(12)14;1-6-7(2)10-5-9(6)13-8-3-11(14(10)13)12(15)4-8;1-7-8(2)12-6-11(7)13-9-3-4-10(5-9)14(12)13;1-6-7(2)10-4-9(6)5-11(10)13-8(3)12;2*1-2/h8-15H,4-6H2,1-3H3;7-14H,4-6,16H2,1-3H3;7-15H,3-6,16H2,1-2H3;7-15H,3-5H2,1-2H3;7-16H,3-6H2,1-2H3;6-14H,3-5H2,1-2H3;7-14H,3-6H2,1-2H3;6-7,9-11H,4-5H2,1-3H3;2*1H2. The minimum absolute atomic E-state index is 0.0271. The zero-order valence-corrected chi connectivity index (χ0v) is 84.1. The Morgan fingerprint density at radius 3 is 1.06 bits per heavy atom. The highest BCUT2D eigenvalue weighted by Gasteiger charge is 2.74. The van der Waals surface area contributed by atoms with E-state index in [-0.39, 0.29) is 23.0 Å². The number of nitriles is 2. The maximum absolute atomic E-state index is 10.8. The normalized spacial score (nSPS) is 63.9. The van der Waals surface area contributed by atoms with E-state index in [9.17, 15) is 20.4 Å². The average Bonchev–Trinajstić information content (AvgIpc) is 1.66. The van der Waals surface area contributed by atoms with Crippen LogP contribution in [-0.2, 0) is 19.1 Å². The molecule has 0 aromatic carbocycles. The van der Waals surface area contributed by atoms with Gasteiger partial charge in [0, 0.05) is 30.4 Å². The number of fused-ring (bicyclic) bond motifs is 65. The van der Waals surface area contributed by atoms with Gasteiger partial charge in [-0.05, 0) is 541 Å². The number of ether oxygens (including phenoxy) is 1. The molecule has 0 saturated heterocycles. The first-order valence-corrected chi connectivity index (χ1v) is 56.5. The van der Waals surface area contributed by atoms with Crippen molar-refractivity contribution in [2.45, 2.75) is 303 Å². The molecule has 9 nitrogen and oxygen atoms in total. The fourth-order valence-corrected chi connectivity index (χ4v) is 49.0. The lowest BCUT2D eigenvalue weighted by Crippen LogP contribution is -2.50. The molecule has 30 rings (SSSR count). The molecule has 30 fully saturated rings. The first-order valence-electron chi connectivity index (χ1n) is 56.1. The SMILES string of the molecule is C=O.C=O.CC(=O)OC1CC2CC1C(C)C2C.CC1C(C)C2CC1C1C3CC(C#N)C(C3)C21.CC1C(C)C2CC1C1C3CC(C21)C(C)(C#N)C3.CC1C(C)C2CC1C1C3CC(C21)C(C)(N)C3.CC1C(C)C2CC1C1C3CC(CN)C(C3)C21.CC1C(C)C2CC1C1C3CC(CO)C(C3)C21.CC1C(C)C2CC1C1C3CC(Cl)C(C3)C21.CC1C(C)C2CC1C1C3CCC(C3)C21. The number of nitrogens with two attached hydrogens (primary N) is 2. The Labute approximate surface area is 778 Å². The minimum atomic E-state index is -0.114. The molecule has 0 aliphatic heterocycles. The van der Waals surface area contributed by atoms with Gasteiger partial charge in [0.1, 0.15) is 19.7 Å². The van der Waals surface area contributed by atoms with E-state index < -0.39 is 0 Å². The third-order valence-electron chi connectivity index (χ3n) is 53.9. The van der Waals surface area contributed by atoms with Crippen molar-refractivity contribution < 1.29 is 24.2 Å².